The predicted octanol–water partition coefficient (Wildman–Crippen LogP) is 2.55. The Kier molecular flexibility index (Phi) is 4.79. The van der Waals surface area contributed by atoms with Crippen LogP contribution in [0.4, 0.5) is 0 Å². The Hall–Kier alpha value is -0.860. The zero-order valence-corrected chi connectivity index (χ0v) is 11.7. The maximum atomic E-state index is 3.65. The number of benzene rings is 1. The van der Waals surface area contributed by atoms with Crippen molar-refractivity contribution >= 4 is 0 Å². The largest absolute Gasteiger partial charge is 0.316 e. The first-order chi connectivity index (χ1) is 8.68. The molecule has 0 amide bonds. The van der Waals surface area contributed by atoms with Crippen molar-refractivity contribution in [2.24, 2.45) is 5.92 Å². The van der Waals surface area contributed by atoms with Crippen LogP contribution in [-0.2, 0) is 5.41 Å². The summed E-state index contributed by atoms with van der Waals surface area (Å²) in [6.45, 7) is 9.20. The van der Waals surface area contributed by atoms with E-state index in [1.165, 1.54) is 31.5 Å². The number of rotatable bonds is 5. The summed E-state index contributed by atoms with van der Waals surface area (Å²) in [6.07, 6.45) is 2.69. The van der Waals surface area contributed by atoms with Gasteiger partial charge in [0.15, 0.2) is 0 Å². The fraction of sp³-hybridized carbons (Fsp3) is 0.625. The van der Waals surface area contributed by atoms with Crippen molar-refractivity contribution in [2.75, 3.05) is 26.2 Å². The van der Waals surface area contributed by atoms with E-state index >= 15 is 0 Å². The molecule has 100 valence electrons. The predicted molar refractivity (Wildman–Crippen MR) is 77.9 cm³/mol. The number of hydrogen-bond donors (Lipinski definition) is 2. The Morgan fingerprint density at radius 2 is 2.06 bits per heavy atom. The smallest absolute Gasteiger partial charge is 0.00433 e. The lowest BCUT2D eigenvalue weighted by molar-refractivity contribution is 0.345. The molecule has 1 aliphatic heterocycles. The lowest BCUT2D eigenvalue weighted by Gasteiger charge is -2.28. The summed E-state index contributed by atoms with van der Waals surface area (Å²) in [5.74, 6) is 0.810. The van der Waals surface area contributed by atoms with Gasteiger partial charge in [-0.3, -0.25) is 0 Å². The second-order valence-corrected chi connectivity index (χ2v) is 6.09. The van der Waals surface area contributed by atoms with Gasteiger partial charge in [-0.25, -0.2) is 0 Å². The molecule has 1 fully saturated rings. The number of piperidine rings is 1. The van der Waals surface area contributed by atoms with E-state index in [1.54, 1.807) is 0 Å². The van der Waals surface area contributed by atoms with E-state index in [2.05, 4.69) is 54.8 Å². The van der Waals surface area contributed by atoms with E-state index in [0.717, 1.165) is 19.0 Å². The lowest BCUT2D eigenvalue weighted by atomic mass is 9.84. The van der Waals surface area contributed by atoms with Crippen LogP contribution in [0.1, 0.15) is 32.3 Å². The van der Waals surface area contributed by atoms with E-state index in [-0.39, 0.29) is 5.41 Å². The molecule has 1 heterocycles. The van der Waals surface area contributed by atoms with Crippen LogP contribution in [0, 0.1) is 5.92 Å². The van der Waals surface area contributed by atoms with Gasteiger partial charge < -0.3 is 10.6 Å². The van der Waals surface area contributed by atoms with Crippen LogP contribution < -0.4 is 10.6 Å². The first-order valence-corrected chi connectivity index (χ1v) is 7.15. The molecule has 0 bridgehead atoms. The molecule has 0 saturated carbocycles. The summed E-state index contributed by atoms with van der Waals surface area (Å²) in [6, 6.07) is 10.8. The molecule has 1 atom stereocenters. The second kappa shape index (κ2) is 6.35. The average Bonchev–Trinajstić information content (AvgIpc) is 2.41. The van der Waals surface area contributed by atoms with Crippen molar-refractivity contribution in [1.29, 1.82) is 0 Å². The summed E-state index contributed by atoms with van der Waals surface area (Å²) in [7, 11) is 0. The summed E-state index contributed by atoms with van der Waals surface area (Å²) < 4.78 is 0. The van der Waals surface area contributed by atoms with Crippen molar-refractivity contribution in [3.63, 3.8) is 0 Å². The lowest BCUT2D eigenvalue weighted by Crippen LogP contribution is -2.40. The molecule has 2 rings (SSSR count). The Bertz CT molecular complexity index is 339. The monoisotopic (exact) mass is 246 g/mol. The Morgan fingerprint density at radius 3 is 2.72 bits per heavy atom. The topological polar surface area (TPSA) is 24.1 Å². The molecule has 2 heteroatoms. The van der Waals surface area contributed by atoms with Gasteiger partial charge in [-0.05, 0) is 44.0 Å². The molecule has 0 radical (unpaired) electrons. The normalized spacial score (nSPS) is 20.9. The van der Waals surface area contributed by atoms with E-state index in [0.29, 0.717) is 0 Å². The van der Waals surface area contributed by atoms with E-state index in [4.69, 9.17) is 0 Å². The molecule has 1 saturated heterocycles. The maximum absolute atomic E-state index is 3.65. The van der Waals surface area contributed by atoms with Gasteiger partial charge in [0.25, 0.3) is 0 Å². The molecular weight excluding hydrogens is 220 g/mol. The first kappa shape index (κ1) is 13.6. The highest BCUT2D eigenvalue weighted by atomic mass is 14.9. The van der Waals surface area contributed by atoms with E-state index in [9.17, 15) is 0 Å². The van der Waals surface area contributed by atoms with Crippen LogP contribution in [0.25, 0.3) is 0 Å². The molecule has 0 spiro atoms. The molecule has 2 nitrogen and oxygen atoms in total. The van der Waals surface area contributed by atoms with Gasteiger partial charge in [0.2, 0.25) is 0 Å². The molecule has 18 heavy (non-hydrogen) atoms. The molecule has 1 aromatic carbocycles. The highest BCUT2D eigenvalue weighted by Gasteiger charge is 2.20. The number of nitrogens with one attached hydrogen (secondary N) is 2. The fourth-order valence-corrected chi connectivity index (χ4v) is 2.68. The fourth-order valence-electron chi connectivity index (χ4n) is 2.68. The van der Waals surface area contributed by atoms with Crippen LogP contribution in [-0.4, -0.2) is 26.2 Å². The molecule has 1 unspecified atom stereocenters. The van der Waals surface area contributed by atoms with E-state index in [1.807, 2.05) is 0 Å². The van der Waals surface area contributed by atoms with Gasteiger partial charge in [-0.2, -0.15) is 0 Å². The molecular formula is C16H26N2. The van der Waals surface area contributed by atoms with Crippen LogP contribution in [0.15, 0.2) is 30.3 Å². The van der Waals surface area contributed by atoms with Crippen molar-refractivity contribution in [1.82, 2.24) is 10.6 Å². The Labute approximate surface area is 111 Å². The summed E-state index contributed by atoms with van der Waals surface area (Å²) >= 11 is 0. The van der Waals surface area contributed by atoms with Crippen LogP contribution in [0.5, 0.6) is 0 Å². The summed E-state index contributed by atoms with van der Waals surface area (Å²) in [4.78, 5) is 0. The van der Waals surface area contributed by atoms with Crippen molar-refractivity contribution in [3.05, 3.63) is 35.9 Å². The molecule has 1 aliphatic rings. The minimum Gasteiger partial charge on any atom is -0.316 e. The minimum atomic E-state index is 0.212. The van der Waals surface area contributed by atoms with Crippen LogP contribution in [0.3, 0.4) is 0 Å². The molecule has 0 aromatic heterocycles. The Balaban J connectivity index is 1.78. The second-order valence-electron chi connectivity index (χ2n) is 6.09. The first-order valence-electron chi connectivity index (χ1n) is 7.15. The van der Waals surface area contributed by atoms with Gasteiger partial charge in [-0.1, -0.05) is 44.2 Å². The van der Waals surface area contributed by atoms with Gasteiger partial charge in [-0.15, -0.1) is 0 Å². The third-order valence-corrected chi connectivity index (χ3v) is 3.95. The van der Waals surface area contributed by atoms with Crippen LogP contribution >= 0.6 is 0 Å². The molecule has 2 N–H and O–H groups in total. The zero-order valence-electron chi connectivity index (χ0n) is 11.7. The highest BCUT2D eigenvalue weighted by molar-refractivity contribution is 5.23. The standard InChI is InChI=1S/C16H26N2/c1-16(2,15-8-4-3-5-9-15)13-18-12-14-7-6-10-17-11-14/h3-5,8-9,14,17-18H,6-7,10-13H2,1-2H3. The quantitative estimate of drug-likeness (QED) is 0.834. The zero-order chi connectivity index (χ0) is 12.8. The Morgan fingerprint density at radius 1 is 1.28 bits per heavy atom. The minimum absolute atomic E-state index is 0.212. The maximum Gasteiger partial charge on any atom is 0.00433 e. The molecule has 0 aliphatic carbocycles. The van der Waals surface area contributed by atoms with Gasteiger partial charge >= 0.3 is 0 Å². The number of hydrogen-bond acceptors (Lipinski definition) is 2. The van der Waals surface area contributed by atoms with Gasteiger partial charge in [0, 0.05) is 12.0 Å². The third kappa shape index (κ3) is 3.82. The van der Waals surface area contributed by atoms with Crippen molar-refractivity contribution in [2.45, 2.75) is 32.1 Å². The van der Waals surface area contributed by atoms with Crippen LogP contribution in [0.2, 0.25) is 0 Å². The highest BCUT2D eigenvalue weighted by Crippen LogP contribution is 2.21. The molecule has 1 aromatic rings. The SMILES string of the molecule is CC(C)(CNCC1CCCNC1)c1ccccc1. The van der Waals surface area contributed by atoms with Crippen molar-refractivity contribution in [3.8, 4) is 0 Å². The van der Waals surface area contributed by atoms with Gasteiger partial charge in [0.05, 0.1) is 0 Å². The van der Waals surface area contributed by atoms with Crippen molar-refractivity contribution < 1.29 is 0 Å². The van der Waals surface area contributed by atoms with E-state index < -0.39 is 0 Å². The summed E-state index contributed by atoms with van der Waals surface area (Å²) in [5, 5.41) is 7.13. The van der Waals surface area contributed by atoms with Gasteiger partial charge in [0.1, 0.15) is 0 Å². The average molecular weight is 246 g/mol. The third-order valence-electron chi connectivity index (χ3n) is 3.95. The summed E-state index contributed by atoms with van der Waals surface area (Å²) in [5.41, 5.74) is 1.63.